The number of amides is 1. The van der Waals surface area contributed by atoms with Gasteiger partial charge >= 0.3 is 5.63 Å². The van der Waals surface area contributed by atoms with Crippen LogP contribution in [0.25, 0.3) is 11.0 Å². The summed E-state index contributed by atoms with van der Waals surface area (Å²) in [5.41, 5.74) is -0.100. The standard InChI is InChI=1S/C17H15NO4/c1-18(9-8-13-6-4-10-21-13)16(19)14-11-12-5-2-3-7-15(12)22-17(14)20/h2-7,10-11H,8-9H2,1H3. The van der Waals surface area contributed by atoms with E-state index in [9.17, 15) is 9.59 Å². The summed E-state index contributed by atoms with van der Waals surface area (Å²) in [6.07, 6.45) is 2.18. The Morgan fingerprint density at radius 1 is 1.18 bits per heavy atom. The fourth-order valence-electron chi connectivity index (χ4n) is 2.25. The molecule has 0 N–H and O–H groups in total. The van der Waals surface area contributed by atoms with Crippen molar-refractivity contribution in [2.24, 2.45) is 0 Å². The lowest BCUT2D eigenvalue weighted by Crippen LogP contribution is -2.32. The SMILES string of the molecule is CN(CCc1ccco1)C(=O)c1cc2ccccc2oc1=O. The molecule has 0 unspecified atom stereocenters. The van der Waals surface area contributed by atoms with E-state index in [1.165, 1.54) is 4.90 Å². The van der Waals surface area contributed by atoms with Crippen molar-refractivity contribution in [2.75, 3.05) is 13.6 Å². The Labute approximate surface area is 126 Å². The van der Waals surface area contributed by atoms with E-state index in [0.29, 0.717) is 18.5 Å². The molecule has 0 saturated carbocycles. The van der Waals surface area contributed by atoms with Crippen molar-refractivity contribution in [2.45, 2.75) is 6.42 Å². The Morgan fingerprint density at radius 2 is 2.00 bits per heavy atom. The van der Waals surface area contributed by atoms with Crippen LogP contribution in [-0.4, -0.2) is 24.4 Å². The number of nitrogens with zero attached hydrogens (tertiary/aromatic N) is 1. The summed E-state index contributed by atoms with van der Waals surface area (Å²) in [6.45, 7) is 0.457. The normalized spacial score (nSPS) is 10.8. The maximum absolute atomic E-state index is 12.4. The van der Waals surface area contributed by atoms with Gasteiger partial charge in [-0.25, -0.2) is 4.79 Å². The van der Waals surface area contributed by atoms with Crippen LogP contribution in [0, 0.1) is 0 Å². The van der Waals surface area contributed by atoms with Gasteiger partial charge in [-0.1, -0.05) is 18.2 Å². The van der Waals surface area contributed by atoms with E-state index < -0.39 is 5.63 Å². The van der Waals surface area contributed by atoms with Crippen molar-refractivity contribution in [3.8, 4) is 0 Å². The molecule has 0 aliphatic heterocycles. The van der Waals surface area contributed by atoms with Gasteiger partial charge in [0.05, 0.1) is 6.26 Å². The fraction of sp³-hybridized carbons (Fsp3) is 0.176. The molecular formula is C17H15NO4. The molecule has 112 valence electrons. The summed E-state index contributed by atoms with van der Waals surface area (Å²) in [5, 5.41) is 0.727. The predicted molar refractivity (Wildman–Crippen MR) is 81.9 cm³/mol. The average Bonchev–Trinajstić information content (AvgIpc) is 3.04. The van der Waals surface area contributed by atoms with Crippen molar-refractivity contribution in [1.82, 2.24) is 4.90 Å². The second-order valence-corrected chi connectivity index (χ2v) is 5.04. The van der Waals surface area contributed by atoms with Crippen LogP contribution in [0.2, 0.25) is 0 Å². The van der Waals surface area contributed by atoms with Gasteiger partial charge in [0.25, 0.3) is 5.91 Å². The van der Waals surface area contributed by atoms with Gasteiger partial charge in [-0.15, -0.1) is 0 Å². The molecule has 3 rings (SSSR count). The first-order valence-electron chi connectivity index (χ1n) is 6.96. The number of hydrogen-bond acceptors (Lipinski definition) is 4. The van der Waals surface area contributed by atoms with Crippen molar-refractivity contribution < 1.29 is 13.6 Å². The Hall–Kier alpha value is -2.82. The van der Waals surface area contributed by atoms with E-state index in [-0.39, 0.29) is 11.5 Å². The summed E-state index contributed by atoms with van der Waals surface area (Å²) in [4.78, 5) is 25.9. The fourth-order valence-corrected chi connectivity index (χ4v) is 2.25. The Balaban J connectivity index is 1.81. The van der Waals surface area contributed by atoms with E-state index in [1.807, 2.05) is 12.1 Å². The van der Waals surface area contributed by atoms with E-state index >= 15 is 0 Å². The molecule has 1 amide bonds. The van der Waals surface area contributed by atoms with Gasteiger partial charge in [-0.3, -0.25) is 4.79 Å². The molecule has 0 aliphatic carbocycles. The topological polar surface area (TPSA) is 63.7 Å². The number of hydrogen-bond donors (Lipinski definition) is 0. The highest BCUT2D eigenvalue weighted by Gasteiger charge is 2.17. The number of furan rings is 1. The molecule has 0 aliphatic rings. The molecule has 3 aromatic rings. The van der Waals surface area contributed by atoms with Gasteiger partial charge in [0, 0.05) is 25.4 Å². The predicted octanol–water partition coefficient (Wildman–Crippen LogP) is 2.70. The zero-order chi connectivity index (χ0) is 15.5. The molecular weight excluding hydrogens is 282 g/mol. The van der Waals surface area contributed by atoms with Gasteiger partial charge < -0.3 is 13.7 Å². The van der Waals surface area contributed by atoms with E-state index in [2.05, 4.69) is 0 Å². The first kappa shape index (κ1) is 14.1. The molecule has 0 saturated heterocycles. The number of fused-ring (bicyclic) bond motifs is 1. The van der Waals surface area contributed by atoms with Gasteiger partial charge in [0.2, 0.25) is 0 Å². The third-order valence-corrected chi connectivity index (χ3v) is 3.49. The van der Waals surface area contributed by atoms with Gasteiger partial charge in [0.1, 0.15) is 16.9 Å². The smallest absolute Gasteiger partial charge is 0.349 e. The lowest BCUT2D eigenvalue weighted by molar-refractivity contribution is 0.0791. The monoisotopic (exact) mass is 297 g/mol. The summed E-state index contributed by atoms with van der Waals surface area (Å²) in [5.74, 6) is 0.441. The van der Waals surface area contributed by atoms with Crippen LogP contribution in [0.15, 0.2) is 62.4 Å². The van der Waals surface area contributed by atoms with Crippen LogP contribution < -0.4 is 5.63 Å². The highest BCUT2D eigenvalue weighted by molar-refractivity contribution is 5.96. The zero-order valence-corrected chi connectivity index (χ0v) is 12.1. The van der Waals surface area contributed by atoms with Crippen LogP contribution in [0.1, 0.15) is 16.1 Å². The molecule has 2 heterocycles. The molecule has 0 atom stereocenters. The Bertz CT molecular complexity index is 848. The molecule has 1 aromatic carbocycles. The van der Waals surface area contributed by atoms with Gasteiger partial charge in [0.15, 0.2) is 0 Å². The largest absolute Gasteiger partial charge is 0.469 e. The minimum Gasteiger partial charge on any atom is -0.469 e. The van der Waals surface area contributed by atoms with Gasteiger partial charge in [-0.05, 0) is 24.3 Å². The maximum atomic E-state index is 12.4. The average molecular weight is 297 g/mol. The molecule has 0 spiro atoms. The number of rotatable bonds is 4. The number of benzene rings is 1. The molecule has 2 aromatic heterocycles. The number of carbonyl (C=O) groups is 1. The van der Waals surface area contributed by atoms with Crippen LogP contribution in [0.5, 0.6) is 0 Å². The molecule has 5 heteroatoms. The van der Waals surface area contributed by atoms with E-state index in [0.717, 1.165) is 11.1 Å². The molecule has 0 radical (unpaired) electrons. The lowest BCUT2D eigenvalue weighted by Gasteiger charge is -2.15. The molecule has 5 nitrogen and oxygen atoms in total. The van der Waals surface area contributed by atoms with Crippen molar-refractivity contribution in [1.29, 1.82) is 0 Å². The summed E-state index contributed by atoms with van der Waals surface area (Å²) in [6, 6.07) is 12.3. The second-order valence-electron chi connectivity index (χ2n) is 5.04. The highest BCUT2D eigenvalue weighted by Crippen LogP contribution is 2.13. The van der Waals surface area contributed by atoms with Gasteiger partial charge in [-0.2, -0.15) is 0 Å². The Morgan fingerprint density at radius 3 is 2.77 bits per heavy atom. The summed E-state index contributed by atoms with van der Waals surface area (Å²) >= 11 is 0. The van der Waals surface area contributed by atoms with Crippen LogP contribution in [0.3, 0.4) is 0 Å². The van der Waals surface area contributed by atoms with E-state index in [1.54, 1.807) is 43.6 Å². The van der Waals surface area contributed by atoms with Crippen molar-refractivity contribution in [3.63, 3.8) is 0 Å². The summed E-state index contributed by atoms with van der Waals surface area (Å²) in [7, 11) is 1.65. The lowest BCUT2D eigenvalue weighted by atomic mass is 10.1. The number of para-hydroxylation sites is 1. The first-order chi connectivity index (χ1) is 10.6. The Kier molecular flexibility index (Phi) is 3.78. The third kappa shape index (κ3) is 2.79. The highest BCUT2D eigenvalue weighted by atomic mass is 16.4. The zero-order valence-electron chi connectivity index (χ0n) is 12.1. The molecule has 0 fully saturated rings. The van der Waals surface area contributed by atoms with Crippen molar-refractivity contribution >= 4 is 16.9 Å². The number of likely N-dealkylation sites (N-methyl/N-ethyl adjacent to an activating group) is 1. The minimum atomic E-state index is -0.617. The second kappa shape index (κ2) is 5.89. The van der Waals surface area contributed by atoms with Crippen LogP contribution in [0.4, 0.5) is 0 Å². The molecule has 0 bridgehead atoms. The minimum absolute atomic E-state index is 0.0423. The number of carbonyl (C=O) groups excluding carboxylic acids is 1. The van der Waals surface area contributed by atoms with Crippen LogP contribution >= 0.6 is 0 Å². The quantitative estimate of drug-likeness (QED) is 0.695. The van der Waals surface area contributed by atoms with Crippen LogP contribution in [-0.2, 0) is 6.42 Å². The van der Waals surface area contributed by atoms with E-state index in [4.69, 9.17) is 8.83 Å². The molecule has 22 heavy (non-hydrogen) atoms. The van der Waals surface area contributed by atoms with Crippen molar-refractivity contribution in [3.05, 3.63) is 70.5 Å². The first-order valence-corrected chi connectivity index (χ1v) is 6.96. The maximum Gasteiger partial charge on any atom is 0.349 e. The summed E-state index contributed by atoms with van der Waals surface area (Å²) < 4.78 is 10.4. The third-order valence-electron chi connectivity index (χ3n) is 3.49.